The molecule has 0 saturated carbocycles. The van der Waals surface area contributed by atoms with Crippen LogP contribution in [0, 0.1) is 13.8 Å². The van der Waals surface area contributed by atoms with Gasteiger partial charge < -0.3 is 15.2 Å². The van der Waals surface area contributed by atoms with Crippen LogP contribution in [-0.2, 0) is 4.79 Å². The summed E-state index contributed by atoms with van der Waals surface area (Å²) in [6.07, 6.45) is 1.85. The van der Waals surface area contributed by atoms with Crippen molar-refractivity contribution < 1.29 is 14.6 Å². The number of carbonyl (C=O) groups is 1. The van der Waals surface area contributed by atoms with Crippen molar-refractivity contribution in [2.75, 3.05) is 13.2 Å². The van der Waals surface area contributed by atoms with Gasteiger partial charge in [-0.25, -0.2) is 0 Å². The maximum Gasteiger partial charge on any atom is 0.323 e. The standard InChI is InChI=1S/C17H27NO3/c1-5-17(16(19)20,18-6-2)10-7-11-21-15-9-8-13(3)12-14(15)4/h8-9,12,18H,5-7,10-11H2,1-4H3,(H,19,20). The molecule has 1 atom stereocenters. The van der Waals surface area contributed by atoms with Crippen LogP contribution in [0.25, 0.3) is 0 Å². The first-order valence-electron chi connectivity index (χ1n) is 7.63. The summed E-state index contributed by atoms with van der Waals surface area (Å²) in [5.74, 6) is 0.0971. The number of hydrogen-bond donors (Lipinski definition) is 2. The number of aliphatic carboxylic acids is 1. The molecule has 1 unspecified atom stereocenters. The summed E-state index contributed by atoms with van der Waals surface area (Å²) >= 11 is 0. The van der Waals surface area contributed by atoms with Gasteiger partial charge in [0, 0.05) is 0 Å². The average Bonchev–Trinajstić information content (AvgIpc) is 2.43. The maximum absolute atomic E-state index is 11.5. The van der Waals surface area contributed by atoms with E-state index in [0.717, 1.165) is 11.3 Å². The Morgan fingerprint density at radius 2 is 2.05 bits per heavy atom. The topological polar surface area (TPSA) is 58.6 Å². The lowest BCUT2D eigenvalue weighted by Gasteiger charge is -2.29. The number of benzene rings is 1. The summed E-state index contributed by atoms with van der Waals surface area (Å²) in [5.41, 5.74) is 1.49. The van der Waals surface area contributed by atoms with E-state index in [9.17, 15) is 9.90 Å². The van der Waals surface area contributed by atoms with Crippen molar-refractivity contribution in [1.29, 1.82) is 0 Å². The molecule has 1 aromatic rings. The van der Waals surface area contributed by atoms with E-state index in [0.29, 0.717) is 32.4 Å². The number of aryl methyl sites for hydroxylation is 2. The Hall–Kier alpha value is -1.55. The molecule has 0 radical (unpaired) electrons. The van der Waals surface area contributed by atoms with E-state index in [1.165, 1.54) is 5.56 Å². The highest BCUT2D eigenvalue weighted by Gasteiger charge is 2.34. The third kappa shape index (κ3) is 4.74. The fraction of sp³-hybridized carbons (Fsp3) is 0.588. The first-order valence-corrected chi connectivity index (χ1v) is 7.63. The molecule has 4 nitrogen and oxygen atoms in total. The molecule has 1 aromatic carbocycles. The minimum Gasteiger partial charge on any atom is -0.493 e. The molecule has 118 valence electrons. The minimum atomic E-state index is -0.833. The van der Waals surface area contributed by atoms with E-state index in [1.54, 1.807) is 0 Å². The van der Waals surface area contributed by atoms with Crippen molar-refractivity contribution in [3.8, 4) is 5.75 Å². The van der Waals surface area contributed by atoms with Crippen LogP contribution in [0.15, 0.2) is 18.2 Å². The van der Waals surface area contributed by atoms with Gasteiger partial charge in [0.05, 0.1) is 6.61 Å². The molecule has 0 saturated heterocycles. The van der Waals surface area contributed by atoms with Crippen molar-refractivity contribution in [3.05, 3.63) is 29.3 Å². The van der Waals surface area contributed by atoms with E-state index >= 15 is 0 Å². The zero-order valence-corrected chi connectivity index (χ0v) is 13.5. The molecule has 0 spiro atoms. The molecule has 0 amide bonds. The van der Waals surface area contributed by atoms with Crippen LogP contribution in [0.4, 0.5) is 0 Å². The maximum atomic E-state index is 11.5. The van der Waals surface area contributed by atoms with E-state index < -0.39 is 11.5 Å². The average molecular weight is 293 g/mol. The largest absolute Gasteiger partial charge is 0.493 e. The Morgan fingerprint density at radius 1 is 1.33 bits per heavy atom. The van der Waals surface area contributed by atoms with Gasteiger partial charge in [0.25, 0.3) is 0 Å². The third-order valence-electron chi connectivity index (χ3n) is 3.86. The molecular formula is C17H27NO3. The summed E-state index contributed by atoms with van der Waals surface area (Å²) in [6.45, 7) is 9.09. The SMILES string of the molecule is CCNC(CC)(CCCOc1ccc(C)cc1C)C(=O)O. The summed E-state index contributed by atoms with van der Waals surface area (Å²) in [5, 5.41) is 12.6. The first kappa shape index (κ1) is 17.5. The van der Waals surface area contributed by atoms with Crippen molar-refractivity contribution in [3.63, 3.8) is 0 Å². The van der Waals surface area contributed by atoms with Gasteiger partial charge in [0.2, 0.25) is 0 Å². The molecule has 4 heteroatoms. The summed E-state index contributed by atoms with van der Waals surface area (Å²) in [6, 6.07) is 6.08. The fourth-order valence-corrected chi connectivity index (χ4v) is 2.58. The van der Waals surface area contributed by atoms with Gasteiger partial charge in [0.15, 0.2) is 0 Å². The van der Waals surface area contributed by atoms with E-state index in [4.69, 9.17) is 4.74 Å². The second kappa shape index (κ2) is 8.03. The zero-order chi connectivity index (χ0) is 15.9. The zero-order valence-electron chi connectivity index (χ0n) is 13.5. The molecule has 2 N–H and O–H groups in total. The molecule has 0 fully saturated rings. The predicted molar refractivity (Wildman–Crippen MR) is 85.0 cm³/mol. The summed E-state index contributed by atoms with van der Waals surface area (Å²) in [4.78, 5) is 11.5. The highest BCUT2D eigenvalue weighted by atomic mass is 16.5. The molecule has 21 heavy (non-hydrogen) atoms. The normalized spacial score (nSPS) is 13.7. The number of hydrogen-bond acceptors (Lipinski definition) is 3. The lowest BCUT2D eigenvalue weighted by atomic mass is 9.90. The number of likely N-dealkylation sites (N-methyl/N-ethyl adjacent to an activating group) is 1. The molecular weight excluding hydrogens is 266 g/mol. The van der Waals surface area contributed by atoms with Gasteiger partial charge in [-0.2, -0.15) is 0 Å². The highest BCUT2D eigenvalue weighted by Crippen LogP contribution is 2.21. The van der Waals surface area contributed by atoms with Gasteiger partial charge in [-0.05, 0) is 51.3 Å². The van der Waals surface area contributed by atoms with E-state index in [-0.39, 0.29) is 0 Å². The molecule has 0 aliphatic rings. The number of ether oxygens (including phenoxy) is 1. The van der Waals surface area contributed by atoms with Crippen LogP contribution in [0.5, 0.6) is 5.75 Å². The smallest absolute Gasteiger partial charge is 0.323 e. The summed E-state index contributed by atoms with van der Waals surface area (Å²) < 4.78 is 5.77. The van der Waals surface area contributed by atoms with Crippen molar-refractivity contribution in [1.82, 2.24) is 5.32 Å². The lowest BCUT2D eigenvalue weighted by Crippen LogP contribution is -2.51. The van der Waals surface area contributed by atoms with Crippen LogP contribution in [-0.4, -0.2) is 29.8 Å². The van der Waals surface area contributed by atoms with Crippen molar-refractivity contribution in [2.45, 2.75) is 52.5 Å². The Morgan fingerprint density at radius 3 is 2.57 bits per heavy atom. The highest BCUT2D eigenvalue weighted by molar-refractivity contribution is 5.78. The van der Waals surface area contributed by atoms with Crippen molar-refractivity contribution in [2.24, 2.45) is 0 Å². The molecule has 0 bridgehead atoms. The second-order valence-electron chi connectivity index (χ2n) is 5.49. The fourth-order valence-electron chi connectivity index (χ4n) is 2.58. The Balaban J connectivity index is 2.53. The van der Waals surface area contributed by atoms with Gasteiger partial charge >= 0.3 is 5.97 Å². The van der Waals surface area contributed by atoms with E-state index in [1.807, 2.05) is 32.9 Å². The van der Waals surface area contributed by atoms with Gasteiger partial charge in [-0.15, -0.1) is 0 Å². The Labute approximate surface area is 127 Å². The van der Waals surface area contributed by atoms with Gasteiger partial charge in [-0.3, -0.25) is 4.79 Å². The van der Waals surface area contributed by atoms with Crippen LogP contribution >= 0.6 is 0 Å². The number of carboxylic acids is 1. The number of carboxylic acid groups (broad SMARTS) is 1. The van der Waals surface area contributed by atoms with Crippen LogP contribution in [0.1, 0.15) is 44.2 Å². The van der Waals surface area contributed by atoms with Gasteiger partial charge in [0.1, 0.15) is 11.3 Å². The molecule has 0 heterocycles. The molecule has 0 aliphatic heterocycles. The Bertz CT molecular complexity index is 473. The molecule has 0 aromatic heterocycles. The van der Waals surface area contributed by atoms with Crippen molar-refractivity contribution >= 4 is 5.97 Å². The van der Waals surface area contributed by atoms with E-state index in [2.05, 4.69) is 18.3 Å². The van der Waals surface area contributed by atoms with Crippen LogP contribution < -0.4 is 10.1 Å². The molecule has 1 rings (SSSR count). The Kier molecular flexibility index (Phi) is 6.69. The number of rotatable bonds is 9. The third-order valence-corrected chi connectivity index (χ3v) is 3.86. The quantitative estimate of drug-likeness (QED) is 0.686. The molecule has 0 aliphatic carbocycles. The number of nitrogens with one attached hydrogen (secondary N) is 1. The summed E-state index contributed by atoms with van der Waals surface area (Å²) in [7, 11) is 0. The predicted octanol–water partition coefficient (Wildman–Crippen LogP) is 3.31. The lowest BCUT2D eigenvalue weighted by molar-refractivity contribution is -0.145. The van der Waals surface area contributed by atoms with Crippen LogP contribution in [0.3, 0.4) is 0 Å². The van der Waals surface area contributed by atoms with Crippen LogP contribution in [0.2, 0.25) is 0 Å². The minimum absolute atomic E-state index is 0.532. The first-order chi connectivity index (χ1) is 9.95. The second-order valence-corrected chi connectivity index (χ2v) is 5.49. The monoisotopic (exact) mass is 293 g/mol. The van der Waals surface area contributed by atoms with Gasteiger partial charge in [-0.1, -0.05) is 31.5 Å².